The van der Waals surface area contributed by atoms with Crippen molar-refractivity contribution in [3.05, 3.63) is 30.0 Å². The summed E-state index contributed by atoms with van der Waals surface area (Å²) in [6.07, 6.45) is 2.96. The number of H-pyrrole nitrogens is 1. The second-order valence-corrected chi connectivity index (χ2v) is 10.7. The van der Waals surface area contributed by atoms with Crippen LogP contribution < -0.4 is 20.7 Å². The van der Waals surface area contributed by atoms with Crippen molar-refractivity contribution >= 4 is 28.6 Å². The number of aliphatic hydroxyl groups excluding tert-OH is 1. The van der Waals surface area contributed by atoms with Gasteiger partial charge in [-0.2, -0.15) is 0 Å². The Bertz CT molecular complexity index is 1120. The predicted molar refractivity (Wildman–Crippen MR) is 138 cm³/mol. The van der Waals surface area contributed by atoms with Crippen LogP contribution in [0.15, 0.2) is 24.3 Å². The van der Waals surface area contributed by atoms with Crippen LogP contribution in [0.2, 0.25) is 0 Å². The van der Waals surface area contributed by atoms with Crippen LogP contribution in [-0.4, -0.2) is 72.4 Å². The molecule has 1 aromatic heterocycles. The lowest BCUT2D eigenvalue weighted by molar-refractivity contribution is -0.126. The zero-order chi connectivity index (χ0) is 26.6. The van der Waals surface area contributed by atoms with Gasteiger partial charge in [0.2, 0.25) is 11.8 Å². The summed E-state index contributed by atoms with van der Waals surface area (Å²) in [5.74, 6) is -0.343. The number of carbonyl (C=O) groups is 3. The zero-order valence-corrected chi connectivity index (χ0v) is 21.8. The highest BCUT2D eigenvalue weighted by Crippen LogP contribution is 2.35. The van der Waals surface area contributed by atoms with E-state index in [1.54, 1.807) is 13.2 Å². The van der Waals surface area contributed by atoms with Crippen molar-refractivity contribution in [2.75, 3.05) is 26.9 Å². The Morgan fingerprint density at radius 1 is 1.24 bits per heavy atom. The Morgan fingerprint density at radius 2 is 2.00 bits per heavy atom. The highest BCUT2D eigenvalue weighted by molar-refractivity contribution is 6.01. The number of nitrogens with one attached hydrogen (secondary N) is 4. The van der Waals surface area contributed by atoms with Gasteiger partial charge in [0, 0.05) is 35.6 Å². The molecule has 2 aliphatic rings. The summed E-state index contributed by atoms with van der Waals surface area (Å²) in [5, 5.41) is 19.6. The van der Waals surface area contributed by atoms with Crippen molar-refractivity contribution in [2.24, 2.45) is 11.8 Å². The van der Waals surface area contributed by atoms with Crippen molar-refractivity contribution < 1.29 is 29.0 Å². The van der Waals surface area contributed by atoms with E-state index in [9.17, 15) is 19.5 Å². The second kappa shape index (κ2) is 11.5. The molecule has 4 rings (SSSR count). The lowest BCUT2D eigenvalue weighted by Crippen LogP contribution is -2.51. The smallest absolute Gasteiger partial charge is 0.268 e. The third-order valence-electron chi connectivity index (χ3n) is 7.40. The summed E-state index contributed by atoms with van der Waals surface area (Å²) < 4.78 is 10.8. The molecule has 10 heteroatoms. The van der Waals surface area contributed by atoms with Crippen molar-refractivity contribution in [3.8, 4) is 5.75 Å². The topological polar surface area (TPSA) is 142 Å². The van der Waals surface area contributed by atoms with Crippen LogP contribution in [0.1, 0.15) is 56.4 Å². The van der Waals surface area contributed by atoms with Crippen LogP contribution in [0.4, 0.5) is 0 Å². The van der Waals surface area contributed by atoms with Gasteiger partial charge in [-0.25, -0.2) is 0 Å². The van der Waals surface area contributed by atoms with Gasteiger partial charge < -0.3 is 35.5 Å². The Labute approximate surface area is 216 Å². The van der Waals surface area contributed by atoms with E-state index in [4.69, 9.17) is 9.47 Å². The Kier molecular flexibility index (Phi) is 8.39. The average molecular weight is 515 g/mol. The molecule has 3 amide bonds. The minimum Gasteiger partial charge on any atom is -0.496 e. The molecular formula is C27H38N4O6. The van der Waals surface area contributed by atoms with Gasteiger partial charge in [-0.1, -0.05) is 19.9 Å². The zero-order valence-electron chi connectivity index (χ0n) is 21.8. The Morgan fingerprint density at radius 3 is 2.68 bits per heavy atom. The fourth-order valence-electron chi connectivity index (χ4n) is 5.45. The number of fused-ring (bicyclic) bond motifs is 1. The number of aliphatic hydroxyl groups is 1. The SMILES string of the molecule is COc1cccc2[nH]c(C(=O)N[C@@H](CC(C)C)C(=O)NC(CO)CC3CC4(CCOCC4)NC3=O)cc12. The van der Waals surface area contributed by atoms with E-state index in [0.29, 0.717) is 43.9 Å². The number of carbonyl (C=O) groups excluding carboxylic acids is 3. The number of aromatic nitrogens is 1. The summed E-state index contributed by atoms with van der Waals surface area (Å²) in [7, 11) is 1.57. The van der Waals surface area contributed by atoms with Crippen molar-refractivity contribution in [1.82, 2.24) is 20.9 Å². The van der Waals surface area contributed by atoms with E-state index >= 15 is 0 Å². The van der Waals surface area contributed by atoms with E-state index in [0.717, 1.165) is 23.7 Å². The summed E-state index contributed by atoms with van der Waals surface area (Å²) >= 11 is 0. The third kappa shape index (κ3) is 6.24. The van der Waals surface area contributed by atoms with Crippen LogP contribution in [-0.2, 0) is 14.3 Å². The van der Waals surface area contributed by atoms with E-state index in [2.05, 4.69) is 20.9 Å². The van der Waals surface area contributed by atoms with Crippen LogP contribution in [0.25, 0.3) is 10.9 Å². The first-order chi connectivity index (χ1) is 17.7. The second-order valence-electron chi connectivity index (χ2n) is 10.7. The van der Waals surface area contributed by atoms with Crippen LogP contribution in [0.3, 0.4) is 0 Å². The normalized spacial score (nSPS) is 20.6. The van der Waals surface area contributed by atoms with Gasteiger partial charge in [0.1, 0.15) is 17.5 Å². The number of benzene rings is 1. The molecule has 0 aliphatic carbocycles. The summed E-state index contributed by atoms with van der Waals surface area (Å²) in [6.45, 7) is 4.88. The minimum atomic E-state index is -0.797. The molecule has 1 spiro atoms. The molecule has 3 heterocycles. The van der Waals surface area contributed by atoms with E-state index in [1.807, 2.05) is 32.0 Å². The molecule has 202 valence electrons. The fraction of sp³-hybridized carbons (Fsp3) is 0.593. The maximum absolute atomic E-state index is 13.3. The van der Waals surface area contributed by atoms with Gasteiger partial charge in [0.25, 0.3) is 5.91 Å². The number of methoxy groups -OCH3 is 1. The number of amides is 3. The molecule has 0 radical (unpaired) electrons. The first-order valence-electron chi connectivity index (χ1n) is 13.0. The van der Waals surface area contributed by atoms with Gasteiger partial charge >= 0.3 is 0 Å². The Hall–Kier alpha value is -3.11. The quantitative estimate of drug-likeness (QED) is 0.328. The molecule has 0 bridgehead atoms. The molecule has 2 fully saturated rings. The molecule has 1 aromatic carbocycles. The van der Waals surface area contributed by atoms with Gasteiger partial charge in [-0.15, -0.1) is 0 Å². The summed E-state index contributed by atoms with van der Waals surface area (Å²) in [4.78, 5) is 42.1. The molecule has 2 unspecified atom stereocenters. The number of hydrogen-bond donors (Lipinski definition) is 5. The van der Waals surface area contributed by atoms with Gasteiger partial charge in [-0.3, -0.25) is 14.4 Å². The van der Waals surface area contributed by atoms with Crippen LogP contribution in [0, 0.1) is 11.8 Å². The molecule has 10 nitrogen and oxygen atoms in total. The lowest BCUT2D eigenvalue weighted by atomic mass is 9.84. The lowest BCUT2D eigenvalue weighted by Gasteiger charge is -2.33. The minimum absolute atomic E-state index is 0.0455. The van der Waals surface area contributed by atoms with Gasteiger partial charge in [0.15, 0.2) is 0 Å². The van der Waals surface area contributed by atoms with E-state index in [1.165, 1.54) is 0 Å². The molecule has 2 saturated heterocycles. The highest BCUT2D eigenvalue weighted by Gasteiger charge is 2.45. The number of hydrogen-bond acceptors (Lipinski definition) is 6. The fourth-order valence-corrected chi connectivity index (χ4v) is 5.45. The van der Waals surface area contributed by atoms with Crippen LogP contribution >= 0.6 is 0 Å². The Balaban J connectivity index is 1.41. The predicted octanol–water partition coefficient (Wildman–Crippen LogP) is 1.87. The maximum atomic E-state index is 13.3. The third-order valence-corrected chi connectivity index (χ3v) is 7.40. The van der Waals surface area contributed by atoms with Gasteiger partial charge in [-0.05, 0) is 56.2 Å². The highest BCUT2D eigenvalue weighted by atomic mass is 16.5. The maximum Gasteiger partial charge on any atom is 0.268 e. The molecule has 5 N–H and O–H groups in total. The summed E-state index contributed by atoms with van der Waals surface area (Å²) in [5.41, 5.74) is 0.830. The number of ether oxygens (including phenoxy) is 2. The molecule has 0 saturated carbocycles. The first kappa shape index (κ1) is 26.9. The van der Waals surface area contributed by atoms with Crippen LogP contribution in [0.5, 0.6) is 5.75 Å². The molecule has 37 heavy (non-hydrogen) atoms. The average Bonchev–Trinajstić information content (AvgIpc) is 3.44. The van der Waals surface area contributed by atoms with Crippen molar-refractivity contribution in [3.63, 3.8) is 0 Å². The van der Waals surface area contributed by atoms with E-state index < -0.39 is 18.0 Å². The van der Waals surface area contributed by atoms with Crippen molar-refractivity contribution in [1.29, 1.82) is 0 Å². The van der Waals surface area contributed by atoms with E-state index in [-0.39, 0.29) is 35.8 Å². The van der Waals surface area contributed by atoms with Gasteiger partial charge in [0.05, 0.1) is 19.8 Å². The summed E-state index contributed by atoms with van der Waals surface area (Å²) in [6, 6.07) is 5.81. The largest absolute Gasteiger partial charge is 0.496 e. The monoisotopic (exact) mass is 514 g/mol. The molecule has 2 aromatic rings. The standard InChI is InChI=1S/C27H38N4O6/c1-16(2)11-21(30-26(35)22-13-19-20(29-22)5-4-6-23(19)36-3)25(34)28-18(15-32)12-17-14-27(31-24(17)33)7-9-37-10-8-27/h4-6,13,16-18,21,29,32H,7-12,14-15H2,1-3H3,(H,28,34)(H,30,35)(H,31,33)/t17?,18?,21-/m0/s1. The number of rotatable bonds is 10. The number of aromatic amines is 1. The van der Waals surface area contributed by atoms with Crippen molar-refractivity contribution in [2.45, 2.75) is 63.6 Å². The molecular weight excluding hydrogens is 476 g/mol. The molecule has 3 atom stereocenters. The molecule has 2 aliphatic heterocycles. The first-order valence-corrected chi connectivity index (χ1v) is 13.0.